The average Bonchev–Trinajstić information content (AvgIpc) is 3.47. The predicted molar refractivity (Wildman–Crippen MR) is 220 cm³/mol. The first kappa shape index (κ1) is 46.4. The van der Waals surface area contributed by atoms with Gasteiger partial charge in [0.15, 0.2) is 24.5 Å². The van der Waals surface area contributed by atoms with Crippen molar-refractivity contribution in [1.29, 1.82) is 0 Å². The van der Waals surface area contributed by atoms with Gasteiger partial charge in [-0.1, -0.05) is 82.5 Å². The van der Waals surface area contributed by atoms with Crippen LogP contribution in [0, 0.1) is 34.5 Å². The Bertz CT molecular complexity index is 1740. The van der Waals surface area contributed by atoms with Crippen LogP contribution < -0.4 is 0 Å². The summed E-state index contributed by atoms with van der Waals surface area (Å²) in [7, 11) is 0. The molecule has 340 valence electrons. The summed E-state index contributed by atoms with van der Waals surface area (Å²) in [5.41, 5.74) is -0.753. The second-order valence-corrected chi connectivity index (χ2v) is 19.2. The van der Waals surface area contributed by atoms with Crippen LogP contribution in [0.1, 0.15) is 116 Å². The lowest BCUT2D eigenvalue weighted by Gasteiger charge is -2.59. The molecule has 0 radical (unpaired) electrons. The van der Waals surface area contributed by atoms with Crippen LogP contribution in [0.4, 0.5) is 0 Å². The molecule has 4 aliphatic carbocycles. The molecule has 3 unspecified atom stereocenters. The lowest BCUT2D eigenvalue weighted by Crippen LogP contribution is -2.64. The SMILES string of the molecule is CCCCCC(=O)[C@@H](C)[C@@]1(O)[C@@H](O[C@H]2OC[C@H](O)[C@@H](O[C@@H]3OC[C@@H](O)[C@H](O)[C@@H]3OCC(=O)c3ccccc3)[C@H]2OC(C)=O)CC2C3CC=C4C[C@@H](O)CC[C@]4(C)C3CC[C@@]21C. The highest BCUT2D eigenvalue weighted by Crippen LogP contribution is 2.69. The van der Waals surface area contributed by atoms with E-state index in [1.807, 2.05) is 0 Å². The van der Waals surface area contributed by atoms with E-state index in [-0.39, 0.29) is 48.1 Å². The van der Waals surface area contributed by atoms with Crippen LogP contribution in [0.3, 0.4) is 0 Å². The van der Waals surface area contributed by atoms with E-state index in [0.29, 0.717) is 43.6 Å². The first-order valence-corrected chi connectivity index (χ1v) is 22.6. The third-order valence-electron chi connectivity index (χ3n) is 15.7. The Balaban J connectivity index is 1.17. The summed E-state index contributed by atoms with van der Waals surface area (Å²) >= 11 is 0. The molecular weight excluding hydrogens is 789 g/mol. The largest absolute Gasteiger partial charge is 0.454 e. The molecule has 2 saturated heterocycles. The molecule has 14 nitrogen and oxygen atoms in total. The van der Waals surface area contributed by atoms with E-state index in [2.05, 4.69) is 26.8 Å². The Kier molecular flexibility index (Phi) is 14.3. The quantitative estimate of drug-likeness (QED) is 0.0726. The van der Waals surface area contributed by atoms with Crippen molar-refractivity contribution in [2.24, 2.45) is 34.5 Å². The van der Waals surface area contributed by atoms with E-state index in [1.54, 1.807) is 37.3 Å². The number of aliphatic hydroxyl groups excluding tert-OH is 4. The zero-order chi connectivity index (χ0) is 43.9. The second-order valence-electron chi connectivity index (χ2n) is 19.2. The summed E-state index contributed by atoms with van der Waals surface area (Å²) in [6, 6.07) is 8.42. The van der Waals surface area contributed by atoms with E-state index < -0.39 is 84.8 Å². The Morgan fingerprint density at radius 1 is 0.885 bits per heavy atom. The Morgan fingerprint density at radius 2 is 1.59 bits per heavy atom. The van der Waals surface area contributed by atoms with Gasteiger partial charge in [-0.2, -0.15) is 0 Å². The number of unbranched alkanes of at least 4 members (excludes halogenated alkanes) is 2. The molecule has 0 aromatic heterocycles. The van der Waals surface area contributed by atoms with Gasteiger partial charge in [-0.25, -0.2) is 0 Å². The van der Waals surface area contributed by atoms with Gasteiger partial charge in [0.1, 0.15) is 48.5 Å². The minimum Gasteiger partial charge on any atom is -0.454 e. The van der Waals surface area contributed by atoms with Crippen LogP contribution in [0.5, 0.6) is 0 Å². The average molecular weight is 857 g/mol. The van der Waals surface area contributed by atoms with Gasteiger partial charge in [-0.05, 0) is 74.5 Å². The molecule has 0 bridgehead atoms. The zero-order valence-electron chi connectivity index (χ0n) is 36.4. The Hall–Kier alpha value is -2.63. The smallest absolute Gasteiger partial charge is 0.303 e. The number of benzene rings is 1. The van der Waals surface area contributed by atoms with Crippen molar-refractivity contribution < 1.29 is 68.3 Å². The molecule has 7 rings (SSSR count). The molecule has 1 aromatic rings. The van der Waals surface area contributed by atoms with Crippen molar-refractivity contribution in [2.45, 2.75) is 172 Å². The monoisotopic (exact) mass is 856 g/mol. The normalized spacial score (nSPS) is 42.7. The van der Waals surface area contributed by atoms with E-state index in [9.17, 15) is 39.9 Å². The summed E-state index contributed by atoms with van der Waals surface area (Å²) in [4.78, 5) is 39.9. The molecule has 6 aliphatic rings. The molecule has 3 saturated carbocycles. The Labute approximate surface area is 359 Å². The lowest BCUT2D eigenvalue weighted by molar-refractivity contribution is -0.348. The van der Waals surface area contributed by atoms with Crippen molar-refractivity contribution in [2.75, 3.05) is 19.8 Å². The van der Waals surface area contributed by atoms with Gasteiger partial charge in [0.05, 0.1) is 25.4 Å². The molecule has 17 atom stereocenters. The molecule has 5 fully saturated rings. The highest BCUT2D eigenvalue weighted by molar-refractivity contribution is 5.97. The number of carbonyl (C=O) groups is 3. The molecule has 1 aromatic carbocycles. The van der Waals surface area contributed by atoms with Gasteiger partial charge in [0, 0.05) is 30.2 Å². The van der Waals surface area contributed by atoms with Gasteiger partial charge >= 0.3 is 5.97 Å². The van der Waals surface area contributed by atoms with Crippen molar-refractivity contribution in [3.8, 4) is 0 Å². The maximum absolute atomic E-state index is 14.1. The number of rotatable bonds is 15. The number of ketones is 2. The minimum atomic E-state index is -1.65. The first-order valence-electron chi connectivity index (χ1n) is 22.6. The molecule has 61 heavy (non-hydrogen) atoms. The van der Waals surface area contributed by atoms with Crippen molar-refractivity contribution in [3.05, 3.63) is 47.5 Å². The third kappa shape index (κ3) is 8.80. The number of ether oxygens (including phenoxy) is 6. The van der Waals surface area contributed by atoms with Gasteiger partial charge in [-0.15, -0.1) is 0 Å². The number of aliphatic hydroxyl groups is 5. The van der Waals surface area contributed by atoms with Crippen LogP contribution in [0.2, 0.25) is 0 Å². The molecule has 0 amide bonds. The van der Waals surface area contributed by atoms with Crippen LogP contribution in [0.25, 0.3) is 0 Å². The zero-order valence-corrected chi connectivity index (χ0v) is 36.4. The number of esters is 1. The maximum Gasteiger partial charge on any atom is 0.303 e. The standard InChI is InChI=1S/C47H68O14/c1-6-7-9-14-34(50)26(2)47(55)38(22-33-31-16-15-29-21-30(49)17-19-45(29,4)32(31)18-20-46(33,47)5)60-44-42(59-27(3)48)40(37(53)25-58-44)61-43-41(39(54)36(52)24-57-43)56-23-35(51)28-12-10-8-11-13-28/h8,10-13,15,26,30-33,36-44,49,52-55H,6-7,9,14,16-25H2,1-5H3/t26-,30+,31?,32?,33?,36-,37+,38+,39+,40-,41+,42-,43+,44-,45+,46+,47-/m1/s1. The minimum absolute atomic E-state index is 0.0397. The highest BCUT2D eigenvalue weighted by Gasteiger charge is 2.70. The maximum atomic E-state index is 14.1. The topological polar surface area (TPSA) is 208 Å². The second kappa shape index (κ2) is 18.8. The van der Waals surface area contributed by atoms with E-state index in [0.717, 1.165) is 38.5 Å². The molecule has 2 heterocycles. The number of allylic oxidation sites excluding steroid dienone is 1. The van der Waals surface area contributed by atoms with Crippen LogP contribution in [-0.2, 0) is 38.0 Å². The van der Waals surface area contributed by atoms with Crippen LogP contribution in [-0.4, -0.2) is 130 Å². The fraction of sp³-hybridized carbons (Fsp3) is 0.766. The van der Waals surface area contributed by atoms with E-state index >= 15 is 0 Å². The number of Topliss-reactive ketones (excluding diaryl/α,β-unsaturated/α-hetero) is 2. The van der Waals surface area contributed by atoms with E-state index in [1.165, 1.54) is 12.5 Å². The number of hydrogen-bond donors (Lipinski definition) is 5. The van der Waals surface area contributed by atoms with Gasteiger partial charge in [-0.3, -0.25) is 14.4 Å². The van der Waals surface area contributed by atoms with Gasteiger partial charge in [0.2, 0.25) is 0 Å². The number of hydrogen-bond acceptors (Lipinski definition) is 14. The first-order chi connectivity index (χ1) is 29.0. The van der Waals surface area contributed by atoms with Gasteiger partial charge < -0.3 is 54.0 Å². The van der Waals surface area contributed by atoms with E-state index in [4.69, 9.17) is 28.4 Å². The Morgan fingerprint density at radius 3 is 2.30 bits per heavy atom. The van der Waals surface area contributed by atoms with Crippen molar-refractivity contribution in [3.63, 3.8) is 0 Å². The summed E-state index contributed by atoms with van der Waals surface area (Å²) < 4.78 is 36.8. The molecule has 2 aliphatic heterocycles. The van der Waals surface area contributed by atoms with Crippen LogP contribution >= 0.6 is 0 Å². The molecular formula is C47H68O14. The fourth-order valence-electron chi connectivity index (χ4n) is 12.2. The van der Waals surface area contributed by atoms with Crippen molar-refractivity contribution in [1.82, 2.24) is 0 Å². The summed E-state index contributed by atoms with van der Waals surface area (Å²) in [5.74, 6) is -1.49. The van der Waals surface area contributed by atoms with Gasteiger partial charge in [0.25, 0.3) is 0 Å². The summed E-state index contributed by atoms with van der Waals surface area (Å²) in [5, 5.41) is 57.0. The lowest BCUT2D eigenvalue weighted by atomic mass is 9.46. The third-order valence-corrected chi connectivity index (χ3v) is 15.7. The molecule has 0 spiro atoms. The summed E-state index contributed by atoms with van der Waals surface area (Å²) in [6.07, 6.45) is -2.37. The highest BCUT2D eigenvalue weighted by atomic mass is 16.7. The molecule has 5 N–H and O–H groups in total. The van der Waals surface area contributed by atoms with Crippen LogP contribution in [0.15, 0.2) is 42.0 Å². The van der Waals surface area contributed by atoms with Crippen molar-refractivity contribution >= 4 is 17.5 Å². The number of carbonyl (C=O) groups excluding carboxylic acids is 3. The molecule has 14 heteroatoms. The fourth-order valence-corrected chi connectivity index (χ4v) is 12.2. The summed E-state index contributed by atoms with van der Waals surface area (Å²) in [6.45, 7) is 8.34. The predicted octanol–water partition coefficient (Wildman–Crippen LogP) is 4.20. The number of fused-ring (bicyclic) bond motifs is 5.